The van der Waals surface area contributed by atoms with Gasteiger partial charge in [0.05, 0.1) is 24.4 Å². The fourth-order valence-corrected chi connectivity index (χ4v) is 3.44. The molecule has 0 atom stereocenters. The molecule has 1 heterocycles. The Balaban J connectivity index is 0.00000312. The number of aryl methyl sites for hydroxylation is 2. The van der Waals surface area contributed by atoms with E-state index >= 15 is 0 Å². The molecule has 0 saturated heterocycles. The van der Waals surface area contributed by atoms with Crippen molar-refractivity contribution >= 4 is 21.2 Å². The van der Waals surface area contributed by atoms with Gasteiger partial charge in [-0.15, -0.1) is 0 Å². The van der Waals surface area contributed by atoms with Crippen LogP contribution >= 0.6 is 0 Å². The summed E-state index contributed by atoms with van der Waals surface area (Å²) in [5.74, 6) is 0.450. The number of alkyl halides is 3. The SMILES string of the molecule is CC[n+]1c(C)n(CCCCS(=O)(=O)O)c2cc(C(F)(F)F)ccc21.[OH-]. The quantitative estimate of drug-likeness (QED) is 0.472. The summed E-state index contributed by atoms with van der Waals surface area (Å²) >= 11 is 0. The van der Waals surface area contributed by atoms with E-state index in [0.717, 1.165) is 18.0 Å². The fraction of sp³-hybridized carbons (Fsp3) is 0.533. The molecule has 0 aliphatic carbocycles. The molecule has 0 saturated carbocycles. The summed E-state index contributed by atoms with van der Waals surface area (Å²) in [6.07, 6.45) is -3.74. The van der Waals surface area contributed by atoms with E-state index in [-0.39, 0.29) is 17.6 Å². The lowest BCUT2D eigenvalue weighted by Crippen LogP contribution is -2.35. The molecule has 1 aromatic heterocycles. The van der Waals surface area contributed by atoms with Gasteiger partial charge >= 0.3 is 6.18 Å². The Morgan fingerprint density at radius 3 is 2.40 bits per heavy atom. The van der Waals surface area contributed by atoms with Crippen molar-refractivity contribution in [3.05, 3.63) is 29.6 Å². The number of hydrogen-bond donors (Lipinski definition) is 1. The van der Waals surface area contributed by atoms with E-state index in [4.69, 9.17) is 4.55 Å². The fourth-order valence-electron chi connectivity index (χ4n) is 2.87. The van der Waals surface area contributed by atoms with E-state index in [1.54, 1.807) is 4.57 Å². The van der Waals surface area contributed by atoms with E-state index < -0.39 is 21.9 Å². The first kappa shape index (κ1) is 21.4. The Kier molecular flexibility index (Phi) is 6.60. The minimum absolute atomic E-state index is 0. The molecule has 0 aliphatic heterocycles. The molecule has 0 fully saturated rings. The highest BCUT2D eigenvalue weighted by Gasteiger charge is 2.32. The van der Waals surface area contributed by atoms with E-state index in [0.29, 0.717) is 30.5 Å². The van der Waals surface area contributed by atoms with E-state index in [1.807, 2.05) is 18.4 Å². The smallest absolute Gasteiger partial charge is 0.416 e. The second-order valence-electron chi connectivity index (χ2n) is 5.64. The second kappa shape index (κ2) is 7.71. The Morgan fingerprint density at radius 1 is 1.24 bits per heavy atom. The molecule has 0 radical (unpaired) electrons. The molecule has 2 rings (SSSR count). The van der Waals surface area contributed by atoms with Gasteiger partial charge < -0.3 is 5.48 Å². The molecule has 25 heavy (non-hydrogen) atoms. The Hall–Kier alpha value is -1.65. The molecule has 6 nitrogen and oxygen atoms in total. The van der Waals surface area contributed by atoms with Crippen molar-refractivity contribution in [2.75, 3.05) is 5.75 Å². The summed E-state index contributed by atoms with van der Waals surface area (Å²) in [5, 5.41) is 0. The van der Waals surface area contributed by atoms with Crippen LogP contribution in [0, 0.1) is 6.92 Å². The number of fused-ring (bicyclic) bond motifs is 1. The van der Waals surface area contributed by atoms with Gasteiger partial charge in [0.15, 0.2) is 11.0 Å². The molecule has 2 aromatic rings. The maximum absolute atomic E-state index is 13.0. The lowest BCUT2D eigenvalue weighted by atomic mass is 10.2. The molecule has 0 bridgehead atoms. The number of imidazole rings is 1. The normalized spacial score (nSPS) is 12.4. The number of nitrogens with zero attached hydrogens (tertiary/aromatic N) is 2. The van der Waals surface area contributed by atoms with Gasteiger partial charge in [0.1, 0.15) is 0 Å². The summed E-state index contributed by atoms with van der Waals surface area (Å²) < 4.78 is 72.8. The van der Waals surface area contributed by atoms with Crippen LogP contribution in [0.4, 0.5) is 13.2 Å². The maximum Gasteiger partial charge on any atom is 0.416 e. The zero-order valence-corrected chi connectivity index (χ0v) is 14.7. The minimum Gasteiger partial charge on any atom is -0.870 e. The molecule has 2 N–H and O–H groups in total. The highest BCUT2D eigenvalue weighted by atomic mass is 32.2. The predicted octanol–water partition coefficient (Wildman–Crippen LogP) is 2.77. The van der Waals surface area contributed by atoms with Crippen molar-refractivity contribution in [3.8, 4) is 0 Å². The highest BCUT2D eigenvalue weighted by Crippen LogP contribution is 2.31. The van der Waals surface area contributed by atoms with Gasteiger partial charge in [-0.25, -0.2) is 9.13 Å². The number of aromatic nitrogens is 2. The van der Waals surface area contributed by atoms with Gasteiger partial charge in [0.25, 0.3) is 15.9 Å². The average Bonchev–Trinajstić information content (AvgIpc) is 2.72. The summed E-state index contributed by atoms with van der Waals surface area (Å²) in [4.78, 5) is 0. The van der Waals surface area contributed by atoms with Crippen molar-refractivity contribution in [3.63, 3.8) is 0 Å². The van der Waals surface area contributed by atoms with Crippen molar-refractivity contribution in [1.29, 1.82) is 0 Å². The first-order chi connectivity index (χ1) is 11.0. The van der Waals surface area contributed by atoms with Gasteiger partial charge in [0, 0.05) is 13.0 Å². The van der Waals surface area contributed by atoms with Crippen LogP contribution in [0.2, 0.25) is 0 Å². The van der Waals surface area contributed by atoms with E-state index in [1.165, 1.54) is 6.07 Å². The monoisotopic (exact) mass is 382 g/mol. The van der Waals surface area contributed by atoms with Crippen LogP contribution in [-0.2, 0) is 29.4 Å². The van der Waals surface area contributed by atoms with Crippen LogP contribution in [0.5, 0.6) is 0 Å². The van der Waals surface area contributed by atoms with Gasteiger partial charge in [-0.2, -0.15) is 21.6 Å². The Labute approximate surface area is 143 Å². The molecule has 1 aromatic carbocycles. The Morgan fingerprint density at radius 2 is 1.88 bits per heavy atom. The zero-order chi connectivity index (χ0) is 18.1. The van der Waals surface area contributed by atoms with E-state index in [2.05, 4.69) is 0 Å². The molecular formula is C15H21F3N2O4S. The molecule has 0 aliphatic rings. The third-order valence-electron chi connectivity index (χ3n) is 4.02. The number of unbranched alkanes of at least 4 members (excludes halogenated alkanes) is 1. The summed E-state index contributed by atoms with van der Waals surface area (Å²) in [6, 6.07) is 3.65. The zero-order valence-electron chi connectivity index (χ0n) is 13.9. The minimum atomic E-state index is -4.42. The number of benzene rings is 1. The maximum atomic E-state index is 13.0. The summed E-state index contributed by atoms with van der Waals surface area (Å²) in [7, 11) is -4.02. The second-order valence-corrected chi connectivity index (χ2v) is 7.21. The van der Waals surface area contributed by atoms with Gasteiger partial charge in [-0.05, 0) is 31.9 Å². The number of rotatable bonds is 6. The van der Waals surface area contributed by atoms with Crippen LogP contribution in [0.15, 0.2) is 18.2 Å². The van der Waals surface area contributed by atoms with Crippen LogP contribution in [0.25, 0.3) is 11.0 Å². The third kappa shape index (κ3) is 4.93. The topological polar surface area (TPSA) is 93.2 Å². The number of halogens is 3. The van der Waals surface area contributed by atoms with Crippen LogP contribution in [0.1, 0.15) is 31.2 Å². The van der Waals surface area contributed by atoms with Gasteiger partial charge in [-0.1, -0.05) is 0 Å². The molecule has 142 valence electrons. The molecule has 0 amide bonds. The molecular weight excluding hydrogens is 361 g/mol. The first-order valence-corrected chi connectivity index (χ1v) is 9.20. The standard InChI is InChI=1S/C15H19F3N2O3S.H2O/c1-3-19-11(2)20(8-4-5-9-24(21,22)23)14-10-12(15(16,17)18)6-7-13(14)19;/h6-7,10H,3-5,8-9H2,1-2H3;1H2. The van der Waals surface area contributed by atoms with Crippen LogP contribution in [0.3, 0.4) is 0 Å². The highest BCUT2D eigenvalue weighted by molar-refractivity contribution is 7.85. The molecule has 0 unspecified atom stereocenters. The van der Waals surface area contributed by atoms with Crippen molar-refractivity contribution < 1.29 is 36.2 Å². The lowest BCUT2D eigenvalue weighted by Gasteiger charge is -2.06. The van der Waals surface area contributed by atoms with Gasteiger partial charge in [-0.3, -0.25) is 4.55 Å². The largest absolute Gasteiger partial charge is 0.870 e. The van der Waals surface area contributed by atoms with Crippen molar-refractivity contribution in [1.82, 2.24) is 4.57 Å². The molecule has 10 heteroatoms. The van der Waals surface area contributed by atoms with E-state index in [9.17, 15) is 21.6 Å². The third-order valence-corrected chi connectivity index (χ3v) is 4.82. The van der Waals surface area contributed by atoms with Gasteiger partial charge in [0.2, 0.25) is 0 Å². The lowest BCUT2D eigenvalue weighted by molar-refractivity contribution is -0.675. The predicted molar refractivity (Wildman–Crippen MR) is 85.1 cm³/mol. The van der Waals surface area contributed by atoms with Crippen molar-refractivity contribution in [2.24, 2.45) is 0 Å². The summed E-state index contributed by atoms with van der Waals surface area (Å²) in [6.45, 7) is 4.73. The summed E-state index contributed by atoms with van der Waals surface area (Å²) in [5.41, 5.74) is 0.462. The van der Waals surface area contributed by atoms with Crippen LogP contribution < -0.4 is 4.57 Å². The Bertz CT molecular complexity index is 845. The first-order valence-electron chi connectivity index (χ1n) is 7.59. The molecule has 0 spiro atoms. The average molecular weight is 382 g/mol. The van der Waals surface area contributed by atoms with Crippen molar-refractivity contribution in [2.45, 2.75) is 46.0 Å². The van der Waals surface area contributed by atoms with Crippen LogP contribution in [-0.4, -0.2) is 28.8 Å². The number of hydrogen-bond acceptors (Lipinski definition) is 3.